The molecule has 1 aliphatic carbocycles. The molecular weight excluding hydrogens is 304 g/mol. The normalized spacial score (nSPS) is 17.9. The molecule has 0 atom stereocenters. The quantitative estimate of drug-likeness (QED) is 0.896. The summed E-state index contributed by atoms with van der Waals surface area (Å²) in [5.41, 5.74) is 1.98. The zero-order chi connectivity index (χ0) is 17.3. The fraction of sp³-hybridized carbons (Fsp3) is 0.722. The molecule has 0 bridgehead atoms. The molecule has 3 rings (SSSR count). The molecule has 1 amide bonds. The van der Waals surface area contributed by atoms with E-state index in [4.69, 9.17) is 9.72 Å². The Kier molecular flexibility index (Phi) is 4.76. The maximum Gasteiger partial charge on any atom is 0.229 e. The monoisotopic (exact) mass is 332 g/mol. The number of anilines is 1. The van der Waals surface area contributed by atoms with E-state index in [9.17, 15) is 4.79 Å². The van der Waals surface area contributed by atoms with E-state index in [0.717, 1.165) is 36.6 Å². The van der Waals surface area contributed by atoms with Crippen molar-refractivity contribution in [1.29, 1.82) is 0 Å². The number of imidazole rings is 1. The highest BCUT2D eigenvalue weighted by Crippen LogP contribution is 2.32. The molecule has 1 saturated carbocycles. The second kappa shape index (κ2) is 6.67. The SMILES string of the molecule is CC1=c2nc(NC(=O)CCOC(C)(C)C)n(C3CCC3)c2=NCC1. The van der Waals surface area contributed by atoms with Crippen molar-refractivity contribution >= 4 is 17.4 Å². The maximum atomic E-state index is 12.3. The van der Waals surface area contributed by atoms with Gasteiger partial charge in [-0.3, -0.25) is 19.7 Å². The molecule has 0 saturated heterocycles. The number of nitrogens with zero attached hydrogens (tertiary/aromatic N) is 3. The van der Waals surface area contributed by atoms with E-state index >= 15 is 0 Å². The summed E-state index contributed by atoms with van der Waals surface area (Å²) in [4.78, 5) is 21.7. The average Bonchev–Trinajstić information content (AvgIpc) is 2.76. The largest absolute Gasteiger partial charge is 0.375 e. The Morgan fingerprint density at radius 2 is 2.12 bits per heavy atom. The van der Waals surface area contributed by atoms with Gasteiger partial charge in [-0.1, -0.05) is 0 Å². The van der Waals surface area contributed by atoms with Crippen molar-refractivity contribution in [3.05, 3.63) is 10.8 Å². The van der Waals surface area contributed by atoms with Crippen molar-refractivity contribution in [2.24, 2.45) is 4.99 Å². The standard InChI is InChI=1S/C18H28N4O2/c1-12-8-10-19-16-15(12)21-17(22(16)13-6-5-7-13)20-14(23)9-11-24-18(2,3)4/h13H,5-11H2,1-4H3,(H,20,21,23). The molecule has 0 spiro atoms. The molecule has 6 heteroatoms. The first-order valence-corrected chi connectivity index (χ1v) is 8.91. The van der Waals surface area contributed by atoms with E-state index in [2.05, 4.69) is 21.8 Å². The van der Waals surface area contributed by atoms with Crippen molar-refractivity contribution in [1.82, 2.24) is 9.55 Å². The Labute approximate surface area is 143 Å². The van der Waals surface area contributed by atoms with Crippen molar-refractivity contribution in [2.75, 3.05) is 18.5 Å². The molecule has 0 radical (unpaired) electrons. The van der Waals surface area contributed by atoms with E-state index < -0.39 is 0 Å². The lowest BCUT2D eigenvalue weighted by atomic mass is 9.93. The van der Waals surface area contributed by atoms with Gasteiger partial charge in [0.05, 0.1) is 18.6 Å². The molecule has 1 aromatic rings. The summed E-state index contributed by atoms with van der Waals surface area (Å²) in [5.74, 6) is 0.593. The second-order valence-electron chi connectivity index (χ2n) is 7.73. The molecule has 1 N–H and O–H groups in total. The first-order chi connectivity index (χ1) is 11.3. The summed E-state index contributed by atoms with van der Waals surface area (Å²) in [6.45, 7) is 9.29. The third-order valence-electron chi connectivity index (χ3n) is 4.59. The molecule has 2 heterocycles. The number of amides is 1. The molecule has 0 aromatic carbocycles. The number of nitrogens with one attached hydrogen (secondary N) is 1. The van der Waals surface area contributed by atoms with Crippen LogP contribution in [0.4, 0.5) is 5.95 Å². The molecular formula is C18H28N4O2. The smallest absolute Gasteiger partial charge is 0.229 e. The van der Waals surface area contributed by atoms with Crippen LogP contribution in [0.5, 0.6) is 0 Å². The van der Waals surface area contributed by atoms with Crippen LogP contribution in [0.1, 0.15) is 65.8 Å². The van der Waals surface area contributed by atoms with E-state index in [1.807, 2.05) is 20.8 Å². The number of aromatic nitrogens is 2. The molecule has 0 unspecified atom stereocenters. The molecule has 132 valence electrons. The number of carbonyl (C=O) groups excluding carboxylic acids is 1. The highest BCUT2D eigenvalue weighted by molar-refractivity contribution is 5.89. The highest BCUT2D eigenvalue weighted by atomic mass is 16.5. The third-order valence-corrected chi connectivity index (χ3v) is 4.59. The topological polar surface area (TPSA) is 68.5 Å². The lowest BCUT2D eigenvalue weighted by Gasteiger charge is -2.28. The van der Waals surface area contributed by atoms with Gasteiger partial charge in [-0.25, -0.2) is 4.98 Å². The number of rotatable bonds is 5. The summed E-state index contributed by atoms with van der Waals surface area (Å²) in [5, 5.41) is 3.94. The van der Waals surface area contributed by atoms with E-state index in [1.54, 1.807) is 0 Å². The molecule has 1 fully saturated rings. The second-order valence-corrected chi connectivity index (χ2v) is 7.73. The minimum Gasteiger partial charge on any atom is -0.375 e. The average molecular weight is 332 g/mol. The van der Waals surface area contributed by atoms with Gasteiger partial charge in [0.1, 0.15) is 5.35 Å². The zero-order valence-electron chi connectivity index (χ0n) is 15.2. The van der Waals surface area contributed by atoms with Gasteiger partial charge >= 0.3 is 0 Å². The van der Waals surface area contributed by atoms with Gasteiger partial charge in [0.2, 0.25) is 11.9 Å². The van der Waals surface area contributed by atoms with Crippen LogP contribution >= 0.6 is 0 Å². The van der Waals surface area contributed by atoms with Crippen molar-refractivity contribution in [3.63, 3.8) is 0 Å². The van der Waals surface area contributed by atoms with Gasteiger partial charge < -0.3 is 4.74 Å². The van der Waals surface area contributed by atoms with Crippen molar-refractivity contribution in [2.45, 2.75) is 71.4 Å². The van der Waals surface area contributed by atoms with Gasteiger partial charge in [0.15, 0.2) is 5.49 Å². The fourth-order valence-electron chi connectivity index (χ4n) is 3.03. The summed E-state index contributed by atoms with van der Waals surface area (Å²) in [6, 6.07) is 0.414. The van der Waals surface area contributed by atoms with Crippen LogP contribution in [0, 0.1) is 0 Å². The van der Waals surface area contributed by atoms with Gasteiger partial charge in [-0.2, -0.15) is 0 Å². The first kappa shape index (κ1) is 17.1. The third kappa shape index (κ3) is 3.69. The first-order valence-electron chi connectivity index (χ1n) is 8.91. The number of hydrogen-bond acceptors (Lipinski definition) is 4. The van der Waals surface area contributed by atoms with Crippen molar-refractivity contribution in [3.8, 4) is 0 Å². The molecule has 1 aliphatic heterocycles. The van der Waals surface area contributed by atoms with Gasteiger partial charge in [-0.15, -0.1) is 0 Å². The minimum atomic E-state index is -0.227. The van der Waals surface area contributed by atoms with Gasteiger partial charge in [0, 0.05) is 12.6 Å². The number of hydrogen-bond donors (Lipinski definition) is 1. The van der Waals surface area contributed by atoms with Gasteiger partial charge in [-0.05, 0) is 59.0 Å². The molecule has 6 nitrogen and oxygen atoms in total. The Morgan fingerprint density at radius 1 is 1.38 bits per heavy atom. The maximum absolute atomic E-state index is 12.3. The Balaban J connectivity index is 1.78. The van der Waals surface area contributed by atoms with Crippen LogP contribution in [-0.4, -0.2) is 34.2 Å². The molecule has 2 aliphatic rings. The number of ether oxygens (including phenoxy) is 1. The fourth-order valence-corrected chi connectivity index (χ4v) is 3.03. The van der Waals surface area contributed by atoms with Crippen LogP contribution < -0.4 is 16.2 Å². The minimum absolute atomic E-state index is 0.0557. The van der Waals surface area contributed by atoms with E-state index in [-0.39, 0.29) is 11.5 Å². The Hall–Kier alpha value is -1.69. The Morgan fingerprint density at radius 3 is 2.75 bits per heavy atom. The lowest BCUT2D eigenvalue weighted by Crippen LogP contribution is -2.38. The van der Waals surface area contributed by atoms with Crippen LogP contribution in [0.25, 0.3) is 5.57 Å². The summed E-state index contributed by atoms with van der Waals surface area (Å²) < 4.78 is 7.78. The number of carbonyl (C=O) groups is 1. The van der Waals surface area contributed by atoms with Crippen LogP contribution in [0.2, 0.25) is 0 Å². The Bertz CT molecular complexity index is 738. The molecule has 1 aromatic heterocycles. The number of fused-ring (bicyclic) bond motifs is 1. The van der Waals surface area contributed by atoms with Gasteiger partial charge in [0.25, 0.3) is 0 Å². The summed E-state index contributed by atoms with van der Waals surface area (Å²) in [6.07, 6.45) is 4.77. The lowest BCUT2D eigenvalue weighted by molar-refractivity contribution is -0.118. The summed E-state index contributed by atoms with van der Waals surface area (Å²) >= 11 is 0. The van der Waals surface area contributed by atoms with Crippen LogP contribution in [-0.2, 0) is 9.53 Å². The zero-order valence-corrected chi connectivity index (χ0v) is 15.2. The van der Waals surface area contributed by atoms with Crippen molar-refractivity contribution < 1.29 is 9.53 Å². The molecule has 24 heavy (non-hydrogen) atoms. The van der Waals surface area contributed by atoms with E-state index in [0.29, 0.717) is 25.0 Å². The van der Waals surface area contributed by atoms with Crippen LogP contribution in [0.15, 0.2) is 4.99 Å². The predicted octanol–water partition coefficient (Wildman–Crippen LogP) is 1.95. The van der Waals surface area contributed by atoms with E-state index in [1.165, 1.54) is 12.0 Å². The highest BCUT2D eigenvalue weighted by Gasteiger charge is 2.26. The summed E-state index contributed by atoms with van der Waals surface area (Å²) in [7, 11) is 0. The predicted molar refractivity (Wildman–Crippen MR) is 93.4 cm³/mol. The van der Waals surface area contributed by atoms with Crippen LogP contribution in [0.3, 0.4) is 0 Å².